The van der Waals surface area contributed by atoms with Gasteiger partial charge in [-0.3, -0.25) is 4.55 Å². The number of aliphatic hydroxyl groups excluding tert-OH is 1. The Labute approximate surface area is 60.6 Å². The van der Waals surface area contributed by atoms with Gasteiger partial charge in [0.1, 0.15) is 0 Å². The summed E-state index contributed by atoms with van der Waals surface area (Å²) in [5.74, 6) is 0. The Morgan fingerprint density at radius 1 is 1.40 bits per heavy atom. The van der Waals surface area contributed by atoms with E-state index in [0.717, 1.165) is 12.8 Å². The third-order valence-electron chi connectivity index (χ3n) is 1.07. The molecule has 0 aliphatic heterocycles. The molecule has 0 spiro atoms. The first-order valence-corrected chi connectivity index (χ1v) is 4.85. The molecule has 0 unspecified atom stereocenters. The molecule has 2 N–H and O–H groups in total. The highest BCUT2D eigenvalue weighted by molar-refractivity contribution is 7.85. The third kappa shape index (κ3) is 10.8. The molecule has 0 aromatic heterocycles. The van der Waals surface area contributed by atoms with Gasteiger partial charge in [-0.1, -0.05) is 0 Å². The lowest BCUT2D eigenvalue weighted by atomic mass is 9.97. The van der Waals surface area contributed by atoms with Crippen LogP contribution in [0.25, 0.3) is 0 Å². The summed E-state index contributed by atoms with van der Waals surface area (Å²) in [4.78, 5) is 0. The molecule has 0 radical (unpaired) electrons. The van der Waals surface area contributed by atoms with Crippen LogP contribution >= 0.6 is 0 Å². The molecular formula is C5H12O4S. The topological polar surface area (TPSA) is 74.6 Å². The first-order valence-electron chi connectivity index (χ1n) is 3.00. The van der Waals surface area contributed by atoms with Crippen molar-refractivity contribution in [3.63, 3.8) is 0 Å². The molecule has 0 atom stereocenters. The van der Waals surface area contributed by atoms with Gasteiger partial charge in [0.2, 0.25) is 0 Å². The van der Waals surface area contributed by atoms with Gasteiger partial charge in [0.25, 0.3) is 10.1 Å². The second-order valence-corrected chi connectivity index (χ2v) is 3.78. The molecule has 4 nitrogen and oxygen atoms in total. The van der Waals surface area contributed by atoms with Crippen molar-refractivity contribution in [1.29, 1.82) is 0 Å². The Morgan fingerprint density at radius 2 is 1.60 bits per heavy atom. The summed E-state index contributed by atoms with van der Waals surface area (Å²) in [6, 6.07) is 0. The minimum Gasteiger partial charge on any atom is -0.393 e. The van der Waals surface area contributed by atoms with E-state index in [1.165, 1.54) is 6.42 Å². The van der Waals surface area contributed by atoms with E-state index < -0.39 is 10.1 Å². The Kier molecular flexibility index (Phi) is 3.85. The summed E-state index contributed by atoms with van der Waals surface area (Å²) in [6.07, 6.45) is 4.10. The van der Waals surface area contributed by atoms with Gasteiger partial charge < -0.3 is 5.11 Å². The lowest BCUT2D eigenvalue weighted by Gasteiger charge is -2.17. The highest BCUT2D eigenvalue weighted by Crippen LogP contribution is 2.16. The maximum absolute atomic E-state index is 9.19. The second kappa shape index (κ2) is 3.90. The highest BCUT2D eigenvalue weighted by atomic mass is 32.2. The molecule has 62 valence electrons. The fourth-order valence-corrected chi connectivity index (χ4v) is 0.387. The molecule has 5 heteroatoms. The molecular weight excluding hydrogens is 156 g/mol. The van der Waals surface area contributed by atoms with Crippen LogP contribution < -0.4 is 0 Å². The van der Waals surface area contributed by atoms with Crippen LogP contribution in [0.15, 0.2) is 0 Å². The Hall–Kier alpha value is -0.130. The van der Waals surface area contributed by atoms with Gasteiger partial charge in [-0.05, 0) is 19.3 Å². The van der Waals surface area contributed by atoms with Crippen molar-refractivity contribution in [2.24, 2.45) is 0 Å². The van der Waals surface area contributed by atoms with Gasteiger partial charge in [-0.2, -0.15) is 8.42 Å². The van der Waals surface area contributed by atoms with Gasteiger partial charge in [0, 0.05) is 0 Å². The predicted molar refractivity (Wildman–Crippen MR) is 37.3 cm³/mol. The highest BCUT2D eigenvalue weighted by Gasteiger charge is 2.11. The average Bonchev–Trinajstić information content (AvgIpc) is 1.56. The summed E-state index contributed by atoms with van der Waals surface area (Å²) in [7, 11) is -3.67. The van der Waals surface area contributed by atoms with E-state index in [9.17, 15) is 8.42 Å². The molecule has 1 saturated carbocycles. The fraction of sp³-hybridized carbons (Fsp3) is 1.00. The molecule has 0 aromatic carbocycles. The minimum absolute atomic E-state index is 0.0648. The Balaban J connectivity index is 0.000000162. The van der Waals surface area contributed by atoms with E-state index >= 15 is 0 Å². The zero-order valence-corrected chi connectivity index (χ0v) is 6.63. The Morgan fingerprint density at radius 3 is 1.60 bits per heavy atom. The normalized spacial score (nSPS) is 18.7. The maximum atomic E-state index is 9.19. The van der Waals surface area contributed by atoms with E-state index in [1.54, 1.807) is 0 Å². The van der Waals surface area contributed by atoms with Crippen LogP contribution in [0.1, 0.15) is 19.3 Å². The quantitative estimate of drug-likeness (QED) is 0.501. The third-order valence-corrected chi connectivity index (χ3v) is 1.07. The van der Waals surface area contributed by atoms with Crippen molar-refractivity contribution in [3.8, 4) is 0 Å². The maximum Gasteiger partial charge on any atom is 0.261 e. The van der Waals surface area contributed by atoms with E-state index in [4.69, 9.17) is 9.66 Å². The van der Waals surface area contributed by atoms with Crippen molar-refractivity contribution in [3.05, 3.63) is 0 Å². The standard InChI is InChI=1S/C4H8O.CH4O3S/c5-4-2-1-3-4;1-5(2,3)4/h4-5H,1-3H2;1H3,(H,2,3,4). The van der Waals surface area contributed by atoms with Gasteiger partial charge in [-0.15, -0.1) is 0 Å². The van der Waals surface area contributed by atoms with Crippen LogP contribution in [0, 0.1) is 0 Å². The van der Waals surface area contributed by atoms with Crippen LogP contribution in [0.5, 0.6) is 0 Å². The Bertz CT molecular complexity index is 160. The lowest BCUT2D eigenvalue weighted by Crippen LogP contribution is -2.15. The van der Waals surface area contributed by atoms with Crippen LogP contribution in [-0.4, -0.2) is 30.4 Å². The van der Waals surface area contributed by atoms with E-state index in [0.29, 0.717) is 6.26 Å². The molecule has 0 aromatic rings. The monoisotopic (exact) mass is 168 g/mol. The fourth-order valence-electron chi connectivity index (χ4n) is 0.387. The summed E-state index contributed by atoms with van der Waals surface area (Å²) in [6.45, 7) is 0. The minimum atomic E-state index is -3.67. The molecule has 0 amide bonds. The molecule has 1 rings (SSSR count). The molecule has 0 heterocycles. The van der Waals surface area contributed by atoms with Crippen molar-refractivity contribution in [2.75, 3.05) is 6.26 Å². The molecule has 1 aliphatic rings. The molecule has 0 bridgehead atoms. The zero-order chi connectivity index (χ0) is 8.20. The number of hydrogen-bond donors (Lipinski definition) is 2. The van der Waals surface area contributed by atoms with E-state index in [1.807, 2.05) is 0 Å². The number of rotatable bonds is 0. The van der Waals surface area contributed by atoms with Gasteiger partial charge in [0.05, 0.1) is 12.4 Å². The molecule has 1 aliphatic carbocycles. The van der Waals surface area contributed by atoms with Crippen molar-refractivity contribution in [1.82, 2.24) is 0 Å². The van der Waals surface area contributed by atoms with Crippen molar-refractivity contribution < 1.29 is 18.1 Å². The van der Waals surface area contributed by atoms with E-state index in [-0.39, 0.29) is 6.10 Å². The zero-order valence-electron chi connectivity index (χ0n) is 5.82. The summed E-state index contributed by atoms with van der Waals surface area (Å²) in [5, 5.41) is 8.45. The molecule has 1 fully saturated rings. The first kappa shape index (κ1) is 9.87. The lowest BCUT2D eigenvalue weighted by molar-refractivity contribution is 0.0950. The summed E-state index contributed by atoms with van der Waals surface area (Å²) in [5.41, 5.74) is 0. The van der Waals surface area contributed by atoms with Crippen LogP contribution in [0.3, 0.4) is 0 Å². The van der Waals surface area contributed by atoms with Crippen LogP contribution in [0.4, 0.5) is 0 Å². The second-order valence-electron chi connectivity index (χ2n) is 2.32. The predicted octanol–water partition coefficient (Wildman–Crippen LogP) is 0.0352. The summed E-state index contributed by atoms with van der Waals surface area (Å²) < 4.78 is 25.9. The van der Waals surface area contributed by atoms with Crippen LogP contribution in [0.2, 0.25) is 0 Å². The van der Waals surface area contributed by atoms with Crippen LogP contribution in [-0.2, 0) is 10.1 Å². The van der Waals surface area contributed by atoms with Crippen molar-refractivity contribution in [2.45, 2.75) is 25.4 Å². The number of aliphatic hydroxyl groups is 1. The smallest absolute Gasteiger partial charge is 0.261 e. The first-order chi connectivity index (χ1) is 4.39. The van der Waals surface area contributed by atoms with Crippen molar-refractivity contribution >= 4 is 10.1 Å². The summed E-state index contributed by atoms with van der Waals surface area (Å²) >= 11 is 0. The van der Waals surface area contributed by atoms with Gasteiger partial charge in [0.15, 0.2) is 0 Å². The number of hydrogen-bond acceptors (Lipinski definition) is 3. The largest absolute Gasteiger partial charge is 0.393 e. The van der Waals surface area contributed by atoms with E-state index in [2.05, 4.69) is 0 Å². The average molecular weight is 168 g/mol. The van der Waals surface area contributed by atoms with Gasteiger partial charge >= 0.3 is 0 Å². The molecule has 0 saturated heterocycles. The van der Waals surface area contributed by atoms with Gasteiger partial charge in [-0.25, -0.2) is 0 Å². The SMILES string of the molecule is CS(=O)(=O)O.OC1CCC1. The molecule has 10 heavy (non-hydrogen) atoms.